The van der Waals surface area contributed by atoms with Gasteiger partial charge in [0, 0.05) is 17.0 Å². The first-order chi connectivity index (χ1) is 11.6. The predicted octanol–water partition coefficient (Wildman–Crippen LogP) is 3.38. The van der Waals surface area contributed by atoms with Crippen LogP contribution in [0.3, 0.4) is 0 Å². The number of rotatable bonds is 2. The lowest BCUT2D eigenvalue weighted by Gasteiger charge is -2.09. The van der Waals surface area contributed by atoms with Crippen LogP contribution in [0.5, 0.6) is 0 Å². The van der Waals surface area contributed by atoms with Gasteiger partial charge >= 0.3 is 0 Å². The lowest BCUT2D eigenvalue weighted by Crippen LogP contribution is -2.12. The molecule has 0 spiro atoms. The molecule has 0 radical (unpaired) electrons. The standard InChI is InChI=1S/C17H13N5OS/c1-9-5-10-3-2-4-19-13(10)12(6-9)22-17(23)11-7-24-15-14(11)20-8-21-16(15)18/h2-8H,1H3,(H,22,23)(H2,18,20,21). The summed E-state index contributed by atoms with van der Waals surface area (Å²) in [5.74, 6) is 0.142. The van der Waals surface area contributed by atoms with Crippen molar-refractivity contribution in [2.75, 3.05) is 11.1 Å². The molecule has 0 aliphatic rings. The molecule has 1 amide bonds. The van der Waals surface area contributed by atoms with Gasteiger partial charge in [-0.2, -0.15) is 0 Å². The van der Waals surface area contributed by atoms with Gasteiger partial charge in [0.1, 0.15) is 12.1 Å². The van der Waals surface area contributed by atoms with Crippen LogP contribution in [0.2, 0.25) is 0 Å². The number of pyridine rings is 1. The number of nitrogen functional groups attached to an aromatic ring is 1. The van der Waals surface area contributed by atoms with E-state index in [1.54, 1.807) is 11.6 Å². The summed E-state index contributed by atoms with van der Waals surface area (Å²) < 4.78 is 0.717. The summed E-state index contributed by atoms with van der Waals surface area (Å²) >= 11 is 1.36. The van der Waals surface area contributed by atoms with Crippen molar-refractivity contribution in [1.29, 1.82) is 0 Å². The highest BCUT2D eigenvalue weighted by atomic mass is 32.1. The van der Waals surface area contributed by atoms with Gasteiger partial charge in [-0.05, 0) is 30.7 Å². The number of fused-ring (bicyclic) bond motifs is 2. The number of anilines is 2. The Morgan fingerprint density at radius 2 is 2.08 bits per heavy atom. The molecule has 0 saturated heterocycles. The SMILES string of the molecule is Cc1cc(NC(=O)c2csc3c(N)ncnc23)c2ncccc2c1. The Kier molecular flexibility index (Phi) is 3.35. The highest BCUT2D eigenvalue weighted by Crippen LogP contribution is 2.29. The van der Waals surface area contributed by atoms with Gasteiger partial charge in [0.15, 0.2) is 0 Å². The first kappa shape index (κ1) is 14.5. The van der Waals surface area contributed by atoms with Gasteiger partial charge in [0.2, 0.25) is 0 Å². The fraction of sp³-hybridized carbons (Fsp3) is 0.0588. The van der Waals surface area contributed by atoms with E-state index >= 15 is 0 Å². The molecule has 24 heavy (non-hydrogen) atoms. The Morgan fingerprint density at radius 1 is 1.21 bits per heavy atom. The lowest BCUT2D eigenvalue weighted by molar-refractivity contribution is 0.102. The molecule has 4 rings (SSSR count). The Morgan fingerprint density at radius 3 is 2.96 bits per heavy atom. The summed E-state index contributed by atoms with van der Waals surface area (Å²) in [6.45, 7) is 1.98. The maximum atomic E-state index is 12.7. The summed E-state index contributed by atoms with van der Waals surface area (Å²) in [6.07, 6.45) is 3.08. The van der Waals surface area contributed by atoms with Crippen LogP contribution in [0.15, 0.2) is 42.2 Å². The number of aromatic nitrogens is 3. The average Bonchev–Trinajstić information content (AvgIpc) is 3.00. The van der Waals surface area contributed by atoms with E-state index in [1.165, 1.54) is 17.7 Å². The quantitative estimate of drug-likeness (QED) is 0.585. The minimum absolute atomic E-state index is 0.239. The molecule has 3 N–H and O–H groups in total. The number of nitrogens with one attached hydrogen (secondary N) is 1. The van der Waals surface area contributed by atoms with Crippen molar-refractivity contribution in [2.24, 2.45) is 0 Å². The van der Waals surface area contributed by atoms with Crippen LogP contribution in [-0.4, -0.2) is 20.9 Å². The number of benzene rings is 1. The Bertz CT molecular complexity index is 1090. The van der Waals surface area contributed by atoms with Crippen LogP contribution >= 0.6 is 11.3 Å². The third-order valence-electron chi connectivity index (χ3n) is 3.72. The van der Waals surface area contributed by atoms with Gasteiger partial charge in [0.05, 0.1) is 27.0 Å². The minimum Gasteiger partial charge on any atom is -0.382 e. The Hall–Kier alpha value is -3.06. The van der Waals surface area contributed by atoms with Crippen LogP contribution in [-0.2, 0) is 0 Å². The molecular formula is C17H13N5OS. The molecule has 118 valence electrons. The lowest BCUT2D eigenvalue weighted by atomic mass is 10.1. The third-order valence-corrected chi connectivity index (χ3v) is 4.71. The summed E-state index contributed by atoms with van der Waals surface area (Å²) in [5.41, 5.74) is 9.36. The van der Waals surface area contributed by atoms with Crippen molar-refractivity contribution < 1.29 is 4.79 Å². The van der Waals surface area contributed by atoms with Crippen LogP contribution in [0.25, 0.3) is 21.1 Å². The van der Waals surface area contributed by atoms with E-state index in [-0.39, 0.29) is 5.91 Å². The molecule has 0 atom stereocenters. The van der Waals surface area contributed by atoms with Gasteiger partial charge in [-0.1, -0.05) is 6.07 Å². The summed E-state index contributed by atoms with van der Waals surface area (Å²) in [5, 5.41) is 5.67. The monoisotopic (exact) mass is 335 g/mol. The second kappa shape index (κ2) is 5.54. The molecule has 0 unspecified atom stereocenters. The number of hydrogen-bond donors (Lipinski definition) is 2. The Balaban J connectivity index is 1.78. The fourth-order valence-electron chi connectivity index (χ4n) is 2.66. The van der Waals surface area contributed by atoms with E-state index < -0.39 is 0 Å². The van der Waals surface area contributed by atoms with E-state index in [9.17, 15) is 4.79 Å². The molecule has 0 aliphatic heterocycles. The molecule has 3 aromatic heterocycles. The van der Waals surface area contributed by atoms with E-state index in [2.05, 4.69) is 20.3 Å². The van der Waals surface area contributed by atoms with Gasteiger partial charge in [-0.15, -0.1) is 11.3 Å². The molecule has 1 aromatic carbocycles. The molecule has 7 heteroatoms. The summed E-state index contributed by atoms with van der Waals surface area (Å²) in [6, 6.07) is 7.79. The summed E-state index contributed by atoms with van der Waals surface area (Å²) in [7, 11) is 0. The van der Waals surface area contributed by atoms with Crippen LogP contribution in [0.4, 0.5) is 11.5 Å². The number of hydrogen-bond acceptors (Lipinski definition) is 6. The molecule has 3 heterocycles. The van der Waals surface area contributed by atoms with Crippen molar-refractivity contribution in [2.45, 2.75) is 6.92 Å². The second-order valence-corrected chi connectivity index (χ2v) is 6.31. The summed E-state index contributed by atoms with van der Waals surface area (Å²) in [4.78, 5) is 25.2. The maximum Gasteiger partial charge on any atom is 0.258 e. The van der Waals surface area contributed by atoms with E-state index in [1.807, 2.05) is 31.2 Å². The Labute approximate surface area is 141 Å². The van der Waals surface area contributed by atoms with E-state index in [4.69, 9.17) is 5.73 Å². The number of carbonyl (C=O) groups is 1. The van der Waals surface area contributed by atoms with Gasteiger partial charge in [-0.3, -0.25) is 9.78 Å². The zero-order valence-corrected chi connectivity index (χ0v) is 13.6. The largest absolute Gasteiger partial charge is 0.382 e. The van der Waals surface area contributed by atoms with Crippen molar-refractivity contribution in [3.05, 3.63) is 53.3 Å². The zero-order chi connectivity index (χ0) is 16.7. The number of carbonyl (C=O) groups excluding carboxylic acids is 1. The molecular weight excluding hydrogens is 322 g/mol. The van der Waals surface area contributed by atoms with Crippen LogP contribution in [0, 0.1) is 6.92 Å². The third kappa shape index (κ3) is 2.35. The number of aryl methyl sites for hydroxylation is 1. The highest BCUT2D eigenvalue weighted by Gasteiger charge is 2.17. The maximum absolute atomic E-state index is 12.7. The highest BCUT2D eigenvalue weighted by molar-refractivity contribution is 7.18. The van der Waals surface area contributed by atoms with Crippen LogP contribution in [0.1, 0.15) is 15.9 Å². The van der Waals surface area contributed by atoms with Gasteiger partial charge < -0.3 is 11.1 Å². The van der Waals surface area contributed by atoms with Crippen molar-refractivity contribution >= 4 is 49.9 Å². The molecule has 0 fully saturated rings. The molecule has 0 saturated carbocycles. The first-order valence-corrected chi connectivity index (χ1v) is 8.16. The van der Waals surface area contributed by atoms with Crippen molar-refractivity contribution in [3.63, 3.8) is 0 Å². The number of amides is 1. The average molecular weight is 335 g/mol. The molecule has 0 bridgehead atoms. The van der Waals surface area contributed by atoms with Gasteiger partial charge in [-0.25, -0.2) is 9.97 Å². The smallest absolute Gasteiger partial charge is 0.258 e. The normalized spacial score (nSPS) is 11.0. The fourth-order valence-corrected chi connectivity index (χ4v) is 3.56. The zero-order valence-electron chi connectivity index (χ0n) is 12.8. The van der Waals surface area contributed by atoms with E-state index in [0.717, 1.165) is 21.2 Å². The number of nitrogens with two attached hydrogens (primary N) is 1. The molecule has 4 aromatic rings. The number of nitrogens with zero attached hydrogens (tertiary/aromatic N) is 3. The van der Waals surface area contributed by atoms with Crippen molar-refractivity contribution in [1.82, 2.24) is 15.0 Å². The minimum atomic E-state index is -0.239. The van der Waals surface area contributed by atoms with Gasteiger partial charge in [0.25, 0.3) is 5.91 Å². The topological polar surface area (TPSA) is 93.8 Å². The first-order valence-electron chi connectivity index (χ1n) is 7.28. The predicted molar refractivity (Wildman–Crippen MR) is 96.3 cm³/mol. The van der Waals surface area contributed by atoms with Crippen molar-refractivity contribution in [3.8, 4) is 0 Å². The molecule has 0 aliphatic carbocycles. The second-order valence-electron chi connectivity index (χ2n) is 5.43. The number of thiophene rings is 1. The van der Waals surface area contributed by atoms with Crippen LogP contribution < -0.4 is 11.1 Å². The van der Waals surface area contributed by atoms with E-state index in [0.29, 0.717) is 22.6 Å². The molecule has 6 nitrogen and oxygen atoms in total.